The number of ether oxygens (including phenoxy) is 1. The SMILES string of the molecule is C=C(C)C(C)(C)C[N-]C(=O)c1[c-]cccc1.CC.CC.CC.CCOC(=O)c1[c-]cccc1.[C-]#[N+]C.[CH3-].[CH3-].[CH3-].[W].[W]. The van der Waals surface area contributed by atoms with E-state index >= 15 is 0 Å². The van der Waals surface area contributed by atoms with Crippen LogP contribution in [-0.4, -0.2) is 32.1 Å². The Bertz CT molecular complexity index is 836. The van der Waals surface area contributed by atoms with Gasteiger partial charge < -0.3 is 46.8 Å². The fraction of sp³-hybridized carbons (Fsp3) is 0.412. The Morgan fingerprint density at radius 1 is 0.902 bits per heavy atom. The Hall–Kier alpha value is -2.01. The van der Waals surface area contributed by atoms with Crippen LogP contribution in [0.4, 0.5) is 0 Å². The van der Waals surface area contributed by atoms with E-state index in [1.807, 2.05) is 80.5 Å². The molecule has 1 amide bonds. The van der Waals surface area contributed by atoms with Crippen molar-refractivity contribution in [1.82, 2.24) is 0 Å². The molecule has 0 aromatic heterocycles. The predicted octanol–water partition coefficient (Wildman–Crippen LogP) is 10.2. The van der Waals surface area contributed by atoms with Crippen molar-refractivity contribution in [2.75, 3.05) is 20.2 Å². The molecule has 0 aliphatic rings. The molecular formula is C34H56N2O3W2-6. The fourth-order valence-corrected chi connectivity index (χ4v) is 1.75. The summed E-state index contributed by atoms with van der Waals surface area (Å²) in [4.78, 5) is 25.4. The van der Waals surface area contributed by atoms with Crippen LogP contribution in [0, 0.1) is 46.4 Å². The second-order valence-corrected chi connectivity index (χ2v) is 6.78. The van der Waals surface area contributed by atoms with Gasteiger partial charge in [-0.3, -0.25) is 0 Å². The van der Waals surface area contributed by atoms with Crippen LogP contribution in [0.15, 0.2) is 60.7 Å². The minimum absolute atomic E-state index is 0. The van der Waals surface area contributed by atoms with E-state index in [9.17, 15) is 9.59 Å². The first-order valence-electron chi connectivity index (χ1n) is 12.4. The molecule has 0 spiro atoms. The number of hydrogen-bond donors (Lipinski definition) is 0. The van der Waals surface area contributed by atoms with Gasteiger partial charge in [-0.2, -0.15) is 0 Å². The number of nitrogens with zero attached hydrogens (tertiary/aromatic N) is 2. The van der Waals surface area contributed by atoms with Gasteiger partial charge >= 0.3 is 0 Å². The summed E-state index contributed by atoms with van der Waals surface area (Å²) in [7, 11) is 1.42. The third-order valence-corrected chi connectivity index (χ3v) is 3.92. The molecule has 238 valence electrons. The second kappa shape index (κ2) is 45.0. The van der Waals surface area contributed by atoms with Crippen molar-refractivity contribution in [2.45, 2.75) is 69.2 Å². The van der Waals surface area contributed by atoms with Crippen molar-refractivity contribution in [3.63, 3.8) is 0 Å². The van der Waals surface area contributed by atoms with Crippen LogP contribution < -0.4 is 0 Å². The Balaban J connectivity index is -0.0000000519. The van der Waals surface area contributed by atoms with E-state index < -0.39 is 0 Å². The molecule has 2 rings (SSSR count). The molecule has 2 aromatic rings. The number of carbonyl (C=O) groups is 2. The topological polar surface area (TPSA) is 61.8 Å². The number of esters is 1. The molecule has 0 atom stereocenters. The van der Waals surface area contributed by atoms with Crippen molar-refractivity contribution < 1.29 is 56.5 Å². The molecule has 0 heterocycles. The second-order valence-electron chi connectivity index (χ2n) is 6.78. The van der Waals surface area contributed by atoms with Gasteiger partial charge in [0.05, 0.1) is 6.61 Å². The Labute approximate surface area is 284 Å². The van der Waals surface area contributed by atoms with Crippen LogP contribution >= 0.6 is 0 Å². The van der Waals surface area contributed by atoms with Gasteiger partial charge in [0.2, 0.25) is 13.0 Å². The summed E-state index contributed by atoms with van der Waals surface area (Å²) in [5, 5.41) is 4.06. The van der Waals surface area contributed by atoms with Crippen molar-refractivity contribution in [2.24, 2.45) is 5.41 Å². The van der Waals surface area contributed by atoms with E-state index in [4.69, 9.17) is 11.3 Å². The van der Waals surface area contributed by atoms with Gasteiger partial charge in [-0.05, 0) is 25.2 Å². The summed E-state index contributed by atoms with van der Waals surface area (Å²) in [5.74, 6) is -0.525. The molecule has 5 nitrogen and oxygen atoms in total. The minimum atomic E-state index is -0.312. The van der Waals surface area contributed by atoms with Gasteiger partial charge in [-0.15, -0.1) is 72.8 Å². The van der Waals surface area contributed by atoms with Crippen LogP contribution in [-0.2, 0) is 46.9 Å². The first kappa shape index (κ1) is 62.6. The maximum atomic E-state index is 11.7. The quantitative estimate of drug-likeness (QED) is 0.165. The van der Waals surface area contributed by atoms with E-state index in [0.29, 0.717) is 24.3 Å². The first-order valence-corrected chi connectivity index (χ1v) is 12.4. The molecule has 0 aliphatic carbocycles. The first-order chi connectivity index (χ1) is 17.2. The zero-order valence-corrected chi connectivity index (χ0v) is 34.0. The van der Waals surface area contributed by atoms with Crippen LogP contribution in [0.1, 0.15) is 90.0 Å². The number of carbonyl (C=O) groups excluding carboxylic acids is 2. The van der Waals surface area contributed by atoms with E-state index in [1.54, 1.807) is 37.3 Å². The summed E-state index contributed by atoms with van der Waals surface area (Å²) in [5.41, 5.74) is 1.89. The number of hydrogen-bond acceptors (Lipinski definition) is 3. The van der Waals surface area contributed by atoms with E-state index in [0.717, 1.165) is 5.57 Å². The fourth-order valence-electron chi connectivity index (χ4n) is 1.75. The summed E-state index contributed by atoms with van der Waals surface area (Å²) in [6.45, 7) is 30.4. The maximum Gasteiger partial charge on any atom is 0.250 e. The molecule has 0 saturated heterocycles. The number of amides is 1. The Morgan fingerprint density at radius 2 is 1.27 bits per heavy atom. The van der Waals surface area contributed by atoms with Gasteiger partial charge in [0.15, 0.2) is 0 Å². The van der Waals surface area contributed by atoms with Crippen LogP contribution in [0.2, 0.25) is 0 Å². The minimum Gasteiger partial charge on any atom is -0.694 e. The van der Waals surface area contributed by atoms with Gasteiger partial charge in [0, 0.05) is 42.1 Å². The van der Waals surface area contributed by atoms with E-state index in [1.165, 1.54) is 7.05 Å². The number of benzene rings is 2. The molecule has 2 aromatic carbocycles. The third kappa shape index (κ3) is 36.0. The zero-order valence-electron chi connectivity index (χ0n) is 28.2. The zero-order chi connectivity index (χ0) is 29.0. The maximum absolute atomic E-state index is 11.7. The van der Waals surface area contributed by atoms with Crippen LogP contribution in [0.5, 0.6) is 0 Å². The molecule has 0 radical (unpaired) electrons. The Morgan fingerprint density at radius 3 is 1.56 bits per heavy atom. The molecule has 0 saturated carbocycles. The van der Waals surface area contributed by atoms with Crippen molar-refractivity contribution in [3.05, 3.63) is 123 Å². The third-order valence-electron chi connectivity index (χ3n) is 3.92. The smallest absolute Gasteiger partial charge is 0.250 e. The summed E-state index contributed by atoms with van der Waals surface area (Å²) < 4.78 is 4.76. The average molecular weight is 909 g/mol. The predicted molar refractivity (Wildman–Crippen MR) is 173 cm³/mol. The molecule has 0 bridgehead atoms. The van der Waals surface area contributed by atoms with Crippen LogP contribution in [0.25, 0.3) is 10.2 Å². The molecule has 0 fully saturated rings. The van der Waals surface area contributed by atoms with Gasteiger partial charge in [-0.1, -0.05) is 73.1 Å². The molecule has 0 N–H and O–H groups in total. The molecule has 7 heteroatoms. The van der Waals surface area contributed by atoms with Gasteiger partial charge in [0.1, 0.15) is 0 Å². The Kier molecular flexibility index (Phi) is 68.7. The van der Waals surface area contributed by atoms with Crippen LogP contribution in [0.3, 0.4) is 0 Å². The normalized spacial score (nSPS) is 7.37. The van der Waals surface area contributed by atoms with E-state index in [-0.39, 0.29) is 81.7 Å². The summed E-state index contributed by atoms with van der Waals surface area (Å²) in [6, 6.07) is 19.7. The average Bonchev–Trinajstić information content (AvgIpc) is 2.92. The summed E-state index contributed by atoms with van der Waals surface area (Å²) >= 11 is 0. The van der Waals surface area contributed by atoms with Gasteiger partial charge in [0.25, 0.3) is 0 Å². The van der Waals surface area contributed by atoms with Crippen molar-refractivity contribution in [3.8, 4) is 0 Å². The summed E-state index contributed by atoms with van der Waals surface area (Å²) in [6.07, 6.45) is 0. The van der Waals surface area contributed by atoms with Crippen molar-refractivity contribution >= 4 is 11.9 Å². The molecule has 0 unspecified atom stereocenters. The monoisotopic (exact) mass is 908 g/mol. The molecular weight excluding hydrogens is 852 g/mol. The number of rotatable bonds is 6. The standard InChI is InChI=1S/C14H18NO.C9H9O2.C2H3N.3C2H6.3CH3.2W/c1-11(2)14(3,4)10-15-13(16)12-8-6-5-7-9-12;1-2-11-9(10)8-6-4-3-5-7-8;1-3-2;3*1-2;;;;;/h5-8H,1,10H2,2-4H3,(H,15,16);3-6H,2H2,1H3;1H3;3*1-2H3;3*1H3;;/q2*-1;;;;;3*-1;;/p-1. The molecule has 41 heavy (non-hydrogen) atoms. The van der Waals surface area contributed by atoms with Gasteiger partial charge in [-0.25, -0.2) is 6.57 Å². The largest absolute Gasteiger partial charge is 0.694 e. The van der Waals surface area contributed by atoms with E-state index in [2.05, 4.69) is 28.9 Å². The molecule has 0 aliphatic heterocycles. The van der Waals surface area contributed by atoms with Crippen molar-refractivity contribution in [1.29, 1.82) is 0 Å².